The topological polar surface area (TPSA) is 58.1 Å². The summed E-state index contributed by atoms with van der Waals surface area (Å²) >= 11 is 6.22. The highest BCUT2D eigenvalue weighted by Crippen LogP contribution is 2.24. The van der Waals surface area contributed by atoms with Crippen LogP contribution >= 0.6 is 11.6 Å². The third-order valence-corrected chi connectivity index (χ3v) is 4.60. The molecule has 0 saturated carbocycles. The molecule has 0 fully saturated rings. The number of benzene rings is 2. The quantitative estimate of drug-likeness (QED) is 0.621. The van der Waals surface area contributed by atoms with Crippen LogP contribution in [-0.4, -0.2) is 26.8 Å². The minimum Gasteiger partial charge on any atom is -0.339 e. The third-order valence-electron chi connectivity index (χ3n) is 4.27. The van der Waals surface area contributed by atoms with Gasteiger partial charge in [-0.25, -0.2) is 9.97 Å². The summed E-state index contributed by atoms with van der Waals surface area (Å²) in [5, 5.41) is 3.76. The zero-order valence-corrected chi connectivity index (χ0v) is 16.9. The summed E-state index contributed by atoms with van der Waals surface area (Å²) in [7, 11) is 0. The maximum atomic E-state index is 13.2. The van der Waals surface area contributed by atoms with Gasteiger partial charge < -0.3 is 10.2 Å². The van der Waals surface area contributed by atoms with Gasteiger partial charge in [-0.3, -0.25) is 4.79 Å². The second kappa shape index (κ2) is 8.85. The van der Waals surface area contributed by atoms with Crippen molar-refractivity contribution in [3.63, 3.8) is 0 Å². The first-order valence-corrected chi connectivity index (χ1v) is 9.54. The van der Waals surface area contributed by atoms with Gasteiger partial charge in [-0.05, 0) is 38.5 Å². The molecule has 2 aromatic carbocycles. The van der Waals surface area contributed by atoms with Gasteiger partial charge in [0.2, 0.25) is 0 Å². The Bertz CT molecular complexity index is 960. The Kier molecular flexibility index (Phi) is 6.26. The highest BCUT2D eigenvalue weighted by Gasteiger charge is 2.21. The lowest BCUT2D eigenvalue weighted by Gasteiger charge is -2.27. The summed E-state index contributed by atoms with van der Waals surface area (Å²) in [6, 6.07) is 19.0. The molecule has 28 heavy (non-hydrogen) atoms. The lowest BCUT2D eigenvalue weighted by Crippen LogP contribution is -2.37. The van der Waals surface area contributed by atoms with E-state index in [1.807, 2.05) is 62.4 Å². The van der Waals surface area contributed by atoms with Crippen molar-refractivity contribution in [2.24, 2.45) is 0 Å². The molecule has 1 aromatic heterocycles. The van der Waals surface area contributed by atoms with Crippen LogP contribution in [0.5, 0.6) is 0 Å². The van der Waals surface area contributed by atoms with Crippen molar-refractivity contribution in [3.05, 3.63) is 82.8 Å². The Morgan fingerprint density at radius 3 is 2.43 bits per heavy atom. The Morgan fingerprint density at radius 2 is 1.75 bits per heavy atom. The minimum atomic E-state index is -0.133. The number of aryl methyl sites for hydroxylation is 1. The summed E-state index contributed by atoms with van der Waals surface area (Å²) in [5.41, 5.74) is 2.15. The van der Waals surface area contributed by atoms with E-state index in [0.29, 0.717) is 28.9 Å². The number of amides is 1. The summed E-state index contributed by atoms with van der Waals surface area (Å²) in [4.78, 5) is 23.8. The molecule has 0 bridgehead atoms. The molecule has 1 N–H and O–H groups in total. The number of para-hydroxylation sites is 1. The van der Waals surface area contributed by atoms with Crippen molar-refractivity contribution in [3.8, 4) is 0 Å². The van der Waals surface area contributed by atoms with Crippen molar-refractivity contribution < 1.29 is 4.79 Å². The van der Waals surface area contributed by atoms with Gasteiger partial charge in [0.05, 0.1) is 10.7 Å². The highest BCUT2D eigenvalue weighted by molar-refractivity contribution is 6.33. The van der Waals surface area contributed by atoms with Gasteiger partial charge in [-0.1, -0.05) is 54.1 Å². The summed E-state index contributed by atoms with van der Waals surface area (Å²) in [6.45, 7) is 6.29. The van der Waals surface area contributed by atoms with Gasteiger partial charge in [0.25, 0.3) is 5.91 Å². The number of nitrogens with zero attached hydrogens (tertiary/aromatic N) is 3. The molecule has 0 saturated heterocycles. The molecule has 5 nitrogen and oxygen atoms in total. The minimum absolute atomic E-state index is 0.0305. The number of carbonyl (C=O) groups is 1. The average molecular weight is 395 g/mol. The predicted octanol–water partition coefficient (Wildman–Crippen LogP) is 5.23. The van der Waals surface area contributed by atoms with Crippen molar-refractivity contribution in [1.82, 2.24) is 14.9 Å². The van der Waals surface area contributed by atoms with Crippen LogP contribution < -0.4 is 5.32 Å². The van der Waals surface area contributed by atoms with Crippen molar-refractivity contribution in [2.45, 2.75) is 33.4 Å². The molecule has 144 valence electrons. The zero-order valence-electron chi connectivity index (χ0n) is 16.2. The molecule has 0 unspecified atom stereocenters. The summed E-state index contributed by atoms with van der Waals surface area (Å²) in [5.74, 6) is 0.919. The van der Waals surface area contributed by atoms with Gasteiger partial charge in [-0.2, -0.15) is 0 Å². The average Bonchev–Trinajstić information content (AvgIpc) is 2.67. The fourth-order valence-corrected chi connectivity index (χ4v) is 3.04. The number of anilines is 2. The van der Waals surface area contributed by atoms with Gasteiger partial charge in [-0.15, -0.1) is 0 Å². The number of carbonyl (C=O) groups excluding carboxylic acids is 1. The Labute approximate surface area is 170 Å². The standard InChI is InChI=1S/C22H23ClN4O/c1-15(2)27(14-17-9-5-4-6-10-17)22(28)20-13-21(25-16(3)24-20)26-19-12-8-7-11-18(19)23/h4-13,15H,14H2,1-3H3,(H,24,25,26). The van der Waals surface area contributed by atoms with E-state index in [1.165, 1.54) is 0 Å². The van der Waals surface area contributed by atoms with Gasteiger partial charge >= 0.3 is 0 Å². The highest BCUT2D eigenvalue weighted by atomic mass is 35.5. The van der Waals surface area contributed by atoms with Gasteiger partial charge in [0, 0.05) is 18.7 Å². The van der Waals surface area contributed by atoms with E-state index < -0.39 is 0 Å². The Balaban J connectivity index is 1.87. The third kappa shape index (κ3) is 4.87. The van der Waals surface area contributed by atoms with Crippen LogP contribution in [0, 0.1) is 6.92 Å². The van der Waals surface area contributed by atoms with Crippen LogP contribution in [0.2, 0.25) is 5.02 Å². The van der Waals surface area contributed by atoms with E-state index in [0.717, 1.165) is 11.3 Å². The Morgan fingerprint density at radius 1 is 1.07 bits per heavy atom. The van der Waals surface area contributed by atoms with Crippen molar-refractivity contribution in [1.29, 1.82) is 0 Å². The van der Waals surface area contributed by atoms with Crippen LogP contribution in [0.1, 0.15) is 35.7 Å². The van der Waals surface area contributed by atoms with Gasteiger partial charge in [0.15, 0.2) is 0 Å². The largest absolute Gasteiger partial charge is 0.339 e. The molecular weight excluding hydrogens is 372 g/mol. The molecule has 0 radical (unpaired) electrons. The van der Waals surface area contributed by atoms with Crippen LogP contribution in [0.3, 0.4) is 0 Å². The van der Waals surface area contributed by atoms with Crippen LogP contribution in [-0.2, 0) is 6.54 Å². The number of halogens is 1. The Hall–Kier alpha value is -2.92. The van der Waals surface area contributed by atoms with Crippen LogP contribution in [0.15, 0.2) is 60.7 Å². The SMILES string of the molecule is Cc1nc(Nc2ccccc2Cl)cc(C(=O)N(Cc2ccccc2)C(C)C)n1. The molecule has 0 atom stereocenters. The monoisotopic (exact) mass is 394 g/mol. The van der Waals surface area contributed by atoms with E-state index >= 15 is 0 Å². The fourth-order valence-electron chi connectivity index (χ4n) is 2.86. The lowest BCUT2D eigenvalue weighted by molar-refractivity contribution is 0.0684. The molecule has 0 aliphatic rings. The van der Waals surface area contributed by atoms with Crippen molar-refractivity contribution in [2.75, 3.05) is 5.32 Å². The van der Waals surface area contributed by atoms with E-state index in [1.54, 1.807) is 24.0 Å². The summed E-state index contributed by atoms with van der Waals surface area (Å²) in [6.07, 6.45) is 0. The van der Waals surface area contributed by atoms with Gasteiger partial charge in [0.1, 0.15) is 17.3 Å². The molecular formula is C22H23ClN4O. The molecule has 3 rings (SSSR count). The number of rotatable bonds is 6. The molecule has 0 spiro atoms. The van der Waals surface area contributed by atoms with Crippen LogP contribution in [0.25, 0.3) is 0 Å². The summed E-state index contributed by atoms with van der Waals surface area (Å²) < 4.78 is 0. The normalized spacial score (nSPS) is 10.8. The zero-order chi connectivity index (χ0) is 20.1. The first-order valence-electron chi connectivity index (χ1n) is 9.16. The molecule has 3 aromatic rings. The maximum Gasteiger partial charge on any atom is 0.273 e. The smallest absolute Gasteiger partial charge is 0.273 e. The lowest BCUT2D eigenvalue weighted by atomic mass is 10.1. The number of hydrogen-bond donors (Lipinski definition) is 1. The molecule has 0 aliphatic heterocycles. The van der Waals surface area contributed by atoms with E-state index in [2.05, 4.69) is 15.3 Å². The molecule has 0 aliphatic carbocycles. The fraction of sp³-hybridized carbons (Fsp3) is 0.227. The molecule has 1 heterocycles. The number of nitrogens with one attached hydrogen (secondary N) is 1. The predicted molar refractivity (Wildman–Crippen MR) is 113 cm³/mol. The number of aromatic nitrogens is 2. The van der Waals surface area contributed by atoms with E-state index in [9.17, 15) is 4.79 Å². The maximum absolute atomic E-state index is 13.2. The van der Waals surface area contributed by atoms with Crippen LogP contribution in [0.4, 0.5) is 11.5 Å². The van der Waals surface area contributed by atoms with E-state index in [4.69, 9.17) is 11.6 Å². The first-order chi connectivity index (χ1) is 13.4. The van der Waals surface area contributed by atoms with Crippen molar-refractivity contribution >= 4 is 29.0 Å². The first kappa shape index (κ1) is 19.8. The van der Waals surface area contributed by atoms with E-state index in [-0.39, 0.29) is 11.9 Å². The molecule has 6 heteroatoms. The molecule has 1 amide bonds. The second-order valence-corrected chi connectivity index (χ2v) is 7.21. The second-order valence-electron chi connectivity index (χ2n) is 6.80. The number of hydrogen-bond acceptors (Lipinski definition) is 4.